The number of hydrogen-bond donors (Lipinski definition) is 0. The standard InChI is InChI=1S/C46H32F6N4O4/c1-57-31-13-5-9-25(17-31)41-42(26-10-6-14-32(18-26)58-2)54-45(53-41,35-21-29(47)23-37(49)39(35)51)46(36-22-30(48)24-38(50)40(36)52)55-43(27-11-7-15-33(19-27)59-3)44(56-46)28-12-8-16-34(20-28)60-4/h5-24H,1-4H3. The van der Waals surface area contributed by atoms with E-state index in [-0.39, 0.29) is 22.8 Å². The lowest BCUT2D eigenvalue weighted by molar-refractivity contribution is 0.235. The molecule has 2 aliphatic rings. The van der Waals surface area contributed by atoms with Crippen LogP contribution in [0.3, 0.4) is 0 Å². The van der Waals surface area contributed by atoms with Gasteiger partial charge in [0.15, 0.2) is 23.3 Å². The van der Waals surface area contributed by atoms with Crippen molar-refractivity contribution in [3.05, 3.63) is 190 Å². The van der Waals surface area contributed by atoms with Gasteiger partial charge in [-0.3, -0.25) is 0 Å². The summed E-state index contributed by atoms with van der Waals surface area (Å²) in [6.45, 7) is 0. The van der Waals surface area contributed by atoms with Gasteiger partial charge in [-0.2, -0.15) is 0 Å². The third-order valence-electron chi connectivity index (χ3n) is 10.1. The maximum Gasteiger partial charge on any atom is 0.229 e. The van der Waals surface area contributed by atoms with Gasteiger partial charge < -0.3 is 18.9 Å². The Bertz CT molecular complexity index is 2510. The van der Waals surface area contributed by atoms with Gasteiger partial charge in [0.1, 0.15) is 34.6 Å². The van der Waals surface area contributed by atoms with Crippen LogP contribution in [0.4, 0.5) is 26.3 Å². The van der Waals surface area contributed by atoms with Crippen molar-refractivity contribution in [1.29, 1.82) is 0 Å². The number of aliphatic imine (C=N–C) groups is 4. The molecule has 2 heterocycles. The summed E-state index contributed by atoms with van der Waals surface area (Å²) in [5.74, 6) is -7.81. The summed E-state index contributed by atoms with van der Waals surface area (Å²) >= 11 is 0. The number of methoxy groups -OCH3 is 4. The number of hydrogen-bond acceptors (Lipinski definition) is 8. The highest BCUT2D eigenvalue weighted by atomic mass is 19.2. The monoisotopic (exact) mass is 818 g/mol. The summed E-state index contributed by atoms with van der Waals surface area (Å²) in [5, 5.41) is 0. The number of ether oxygens (including phenoxy) is 4. The molecule has 0 fully saturated rings. The molecule has 0 aromatic heterocycles. The summed E-state index contributed by atoms with van der Waals surface area (Å²) in [4.78, 5) is 20.1. The summed E-state index contributed by atoms with van der Waals surface area (Å²) in [5.41, 5.74) is -6.64. The SMILES string of the molecule is COc1cccc(C2=NC(c3cc(F)cc(F)c3F)(C3(c4cc(F)cc(F)c4F)N=C(c4cccc(OC)c4)C(c4cccc(OC)c4)=N3)N=C2c2cccc(OC)c2)c1. The molecule has 8 nitrogen and oxygen atoms in total. The first-order chi connectivity index (χ1) is 28.9. The Labute approximate surface area is 339 Å². The fourth-order valence-electron chi connectivity index (χ4n) is 7.34. The van der Waals surface area contributed by atoms with Crippen LogP contribution in [0.5, 0.6) is 23.0 Å². The Kier molecular flexibility index (Phi) is 10.2. The lowest BCUT2D eigenvalue weighted by atomic mass is 9.81. The van der Waals surface area contributed by atoms with E-state index in [1.807, 2.05) is 0 Å². The van der Waals surface area contributed by atoms with E-state index in [1.165, 1.54) is 28.4 Å². The molecule has 0 bridgehead atoms. The van der Waals surface area contributed by atoms with Gasteiger partial charge in [0, 0.05) is 45.5 Å². The first-order valence-electron chi connectivity index (χ1n) is 18.2. The maximum absolute atomic E-state index is 16.9. The number of benzene rings is 6. The van der Waals surface area contributed by atoms with Crippen LogP contribution >= 0.6 is 0 Å². The van der Waals surface area contributed by atoms with Crippen molar-refractivity contribution < 1.29 is 45.3 Å². The van der Waals surface area contributed by atoms with Crippen LogP contribution in [0.2, 0.25) is 0 Å². The first kappa shape index (κ1) is 39.6. The van der Waals surface area contributed by atoms with Gasteiger partial charge >= 0.3 is 0 Å². The molecule has 0 atom stereocenters. The van der Waals surface area contributed by atoms with Crippen LogP contribution in [0.25, 0.3) is 0 Å². The predicted octanol–water partition coefficient (Wildman–Crippen LogP) is 9.55. The van der Waals surface area contributed by atoms with Crippen molar-refractivity contribution in [1.82, 2.24) is 0 Å². The molecule has 0 saturated heterocycles. The largest absolute Gasteiger partial charge is 0.497 e. The fraction of sp³-hybridized carbons (Fsp3) is 0.130. The van der Waals surface area contributed by atoms with Gasteiger partial charge in [0.05, 0.1) is 51.3 Å². The van der Waals surface area contributed by atoms with Gasteiger partial charge in [-0.1, -0.05) is 48.5 Å². The zero-order valence-corrected chi connectivity index (χ0v) is 32.2. The molecule has 8 rings (SSSR count). The summed E-state index contributed by atoms with van der Waals surface area (Å²) in [7, 11) is 5.72. The van der Waals surface area contributed by atoms with E-state index >= 15 is 26.3 Å². The second-order valence-electron chi connectivity index (χ2n) is 13.6. The van der Waals surface area contributed by atoms with E-state index in [1.54, 1.807) is 97.1 Å². The minimum absolute atomic E-state index is 0.0361. The average molecular weight is 819 g/mol. The van der Waals surface area contributed by atoms with Crippen molar-refractivity contribution >= 4 is 22.8 Å². The Hall–Kier alpha value is -7.22. The quantitative estimate of drug-likeness (QED) is 0.0964. The smallest absolute Gasteiger partial charge is 0.229 e. The zero-order chi connectivity index (χ0) is 42.3. The van der Waals surface area contributed by atoms with Crippen LogP contribution in [-0.2, 0) is 11.3 Å². The lowest BCUT2D eigenvalue weighted by Gasteiger charge is -2.38. The van der Waals surface area contributed by atoms with Gasteiger partial charge in [0.2, 0.25) is 11.3 Å². The zero-order valence-electron chi connectivity index (χ0n) is 32.2. The molecule has 0 saturated carbocycles. The molecule has 6 aromatic carbocycles. The van der Waals surface area contributed by atoms with E-state index in [2.05, 4.69) is 0 Å². The molecule has 2 aliphatic heterocycles. The van der Waals surface area contributed by atoms with Crippen LogP contribution in [0.15, 0.2) is 141 Å². The number of rotatable bonds is 11. The number of halogens is 6. The van der Waals surface area contributed by atoms with Crippen molar-refractivity contribution in [2.75, 3.05) is 28.4 Å². The third kappa shape index (κ3) is 6.63. The molecule has 6 aromatic rings. The Morgan fingerprint density at radius 1 is 0.367 bits per heavy atom. The molecule has 0 unspecified atom stereocenters. The normalized spacial score (nSPS) is 15.2. The first-order valence-corrected chi connectivity index (χ1v) is 18.2. The number of nitrogens with zero attached hydrogens (tertiary/aromatic N) is 4. The summed E-state index contributed by atoms with van der Waals surface area (Å²) < 4.78 is 119. The van der Waals surface area contributed by atoms with Gasteiger partial charge in [0.25, 0.3) is 0 Å². The van der Waals surface area contributed by atoms with Gasteiger partial charge in [-0.05, 0) is 60.7 Å². The Morgan fingerprint density at radius 2 is 0.633 bits per heavy atom. The van der Waals surface area contributed by atoms with E-state index in [4.69, 9.17) is 38.9 Å². The molecule has 0 amide bonds. The minimum atomic E-state index is -2.91. The highest BCUT2D eigenvalue weighted by Crippen LogP contribution is 2.56. The summed E-state index contributed by atoms with van der Waals surface area (Å²) in [6.07, 6.45) is 0. The minimum Gasteiger partial charge on any atom is -0.497 e. The second-order valence-corrected chi connectivity index (χ2v) is 13.6. The summed E-state index contributed by atoms with van der Waals surface area (Å²) in [6, 6.07) is 27.8. The molecule has 0 spiro atoms. The van der Waals surface area contributed by atoms with E-state index < -0.39 is 57.4 Å². The van der Waals surface area contributed by atoms with Crippen LogP contribution in [0.1, 0.15) is 33.4 Å². The Balaban J connectivity index is 1.62. The van der Waals surface area contributed by atoms with Gasteiger partial charge in [-0.15, -0.1) is 0 Å². The van der Waals surface area contributed by atoms with Crippen molar-refractivity contribution in [3.8, 4) is 23.0 Å². The average Bonchev–Trinajstić information content (AvgIpc) is 3.89. The van der Waals surface area contributed by atoms with E-state index in [0.717, 1.165) is 0 Å². The molecule has 14 heteroatoms. The van der Waals surface area contributed by atoms with Crippen LogP contribution in [-0.4, -0.2) is 51.3 Å². The van der Waals surface area contributed by atoms with Crippen LogP contribution in [0, 0.1) is 34.9 Å². The fourth-order valence-corrected chi connectivity index (χ4v) is 7.34. The molecular weight excluding hydrogens is 787 g/mol. The molecular formula is C46H32F6N4O4. The van der Waals surface area contributed by atoms with E-state index in [9.17, 15) is 0 Å². The van der Waals surface area contributed by atoms with Crippen molar-refractivity contribution in [2.24, 2.45) is 20.0 Å². The van der Waals surface area contributed by atoms with Gasteiger partial charge in [-0.25, -0.2) is 46.3 Å². The van der Waals surface area contributed by atoms with Crippen molar-refractivity contribution in [3.63, 3.8) is 0 Å². The third-order valence-corrected chi connectivity index (χ3v) is 10.1. The molecule has 0 radical (unpaired) electrons. The van der Waals surface area contributed by atoms with Crippen molar-refractivity contribution in [2.45, 2.75) is 11.3 Å². The highest BCUT2D eigenvalue weighted by Gasteiger charge is 2.63. The second kappa shape index (κ2) is 15.5. The van der Waals surface area contributed by atoms with Crippen LogP contribution < -0.4 is 18.9 Å². The molecule has 0 aliphatic carbocycles. The predicted molar refractivity (Wildman–Crippen MR) is 214 cm³/mol. The highest BCUT2D eigenvalue weighted by molar-refractivity contribution is 6.56. The van der Waals surface area contributed by atoms with E-state index in [0.29, 0.717) is 69.5 Å². The lowest BCUT2D eigenvalue weighted by Crippen LogP contribution is -2.45. The molecule has 0 N–H and O–H groups in total. The topological polar surface area (TPSA) is 86.4 Å². The molecule has 302 valence electrons. The Morgan fingerprint density at radius 3 is 0.883 bits per heavy atom. The maximum atomic E-state index is 16.9. The molecule has 60 heavy (non-hydrogen) atoms.